The van der Waals surface area contributed by atoms with Gasteiger partial charge in [0.2, 0.25) is 0 Å². The van der Waals surface area contributed by atoms with Gasteiger partial charge in [-0.2, -0.15) is 0 Å². The van der Waals surface area contributed by atoms with Gasteiger partial charge in [0.25, 0.3) is 0 Å². The molecule has 0 spiro atoms. The molecule has 1 aromatic rings. The molecule has 0 heterocycles. The second-order valence-electron chi connectivity index (χ2n) is 5.02. The molecule has 0 radical (unpaired) electrons. The summed E-state index contributed by atoms with van der Waals surface area (Å²) in [5.41, 5.74) is 2.86. The topological polar surface area (TPSA) is 15.3 Å². The van der Waals surface area contributed by atoms with Crippen molar-refractivity contribution >= 4 is 0 Å². The number of rotatable bonds is 7. The highest BCUT2D eigenvalue weighted by molar-refractivity contribution is 5.26. The van der Waals surface area contributed by atoms with Gasteiger partial charge < -0.3 is 5.32 Å². The van der Waals surface area contributed by atoms with Crippen LogP contribution in [-0.4, -0.2) is 25.0 Å². The Balaban J connectivity index is 2.71. The molecule has 17 heavy (non-hydrogen) atoms. The summed E-state index contributed by atoms with van der Waals surface area (Å²) in [6.45, 7) is 11.1. The Morgan fingerprint density at radius 1 is 1.18 bits per heavy atom. The summed E-state index contributed by atoms with van der Waals surface area (Å²) in [7, 11) is 2.00. The van der Waals surface area contributed by atoms with E-state index in [2.05, 4.69) is 55.3 Å². The second kappa shape index (κ2) is 7.46. The van der Waals surface area contributed by atoms with Crippen molar-refractivity contribution < 1.29 is 0 Å². The predicted octanol–water partition coefficient (Wildman–Crippen LogP) is 2.88. The van der Waals surface area contributed by atoms with Crippen LogP contribution in [-0.2, 0) is 13.1 Å². The van der Waals surface area contributed by atoms with Crippen molar-refractivity contribution in [3.8, 4) is 0 Å². The third-order valence-electron chi connectivity index (χ3n) is 2.95. The van der Waals surface area contributed by atoms with Crippen molar-refractivity contribution in [3.63, 3.8) is 0 Å². The van der Waals surface area contributed by atoms with E-state index in [1.165, 1.54) is 17.7 Å². The number of hydrogen-bond acceptors (Lipinski definition) is 2. The van der Waals surface area contributed by atoms with Crippen molar-refractivity contribution in [3.05, 3.63) is 35.4 Å². The van der Waals surface area contributed by atoms with Crippen molar-refractivity contribution in [1.82, 2.24) is 10.2 Å². The van der Waals surface area contributed by atoms with Gasteiger partial charge in [-0.1, -0.05) is 45.0 Å². The lowest BCUT2D eigenvalue weighted by molar-refractivity contribution is 0.247. The first-order chi connectivity index (χ1) is 8.17. The van der Waals surface area contributed by atoms with Crippen LogP contribution in [0.25, 0.3) is 0 Å². The number of nitrogens with zero attached hydrogens (tertiary/aromatic N) is 1. The van der Waals surface area contributed by atoms with E-state index in [-0.39, 0.29) is 0 Å². The Morgan fingerprint density at radius 2 is 1.82 bits per heavy atom. The minimum Gasteiger partial charge on any atom is -0.316 e. The Hall–Kier alpha value is -0.860. The normalized spacial score (nSPS) is 11.4. The Labute approximate surface area is 106 Å². The summed E-state index contributed by atoms with van der Waals surface area (Å²) >= 11 is 0. The highest BCUT2D eigenvalue weighted by Crippen LogP contribution is 2.12. The Morgan fingerprint density at radius 3 is 2.35 bits per heavy atom. The monoisotopic (exact) mass is 234 g/mol. The van der Waals surface area contributed by atoms with E-state index in [1.807, 2.05) is 7.05 Å². The standard InChI is InChI=1S/C15H26N2/c1-5-17(11-13(2)3)12-15-9-7-6-8-14(15)10-16-4/h6-9,13,16H,5,10-12H2,1-4H3. The smallest absolute Gasteiger partial charge is 0.0236 e. The molecule has 0 aromatic heterocycles. The maximum atomic E-state index is 3.24. The molecular formula is C15H26N2. The van der Waals surface area contributed by atoms with Gasteiger partial charge in [-0.25, -0.2) is 0 Å². The molecule has 1 rings (SSSR count). The van der Waals surface area contributed by atoms with Crippen molar-refractivity contribution in [1.29, 1.82) is 0 Å². The molecule has 0 aliphatic rings. The molecule has 2 nitrogen and oxygen atoms in total. The van der Waals surface area contributed by atoms with E-state index >= 15 is 0 Å². The van der Waals surface area contributed by atoms with Gasteiger partial charge in [0, 0.05) is 19.6 Å². The van der Waals surface area contributed by atoms with Crippen LogP contribution in [0.1, 0.15) is 31.9 Å². The van der Waals surface area contributed by atoms with Crippen LogP contribution in [0.2, 0.25) is 0 Å². The van der Waals surface area contributed by atoms with Crippen LogP contribution in [0, 0.1) is 5.92 Å². The molecule has 96 valence electrons. The lowest BCUT2D eigenvalue weighted by atomic mass is 10.1. The van der Waals surface area contributed by atoms with Gasteiger partial charge in [-0.3, -0.25) is 4.90 Å². The third kappa shape index (κ3) is 4.88. The Bertz CT molecular complexity index is 320. The first-order valence-corrected chi connectivity index (χ1v) is 6.61. The van der Waals surface area contributed by atoms with Gasteiger partial charge in [0.15, 0.2) is 0 Å². The number of benzene rings is 1. The van der Waals surface area contributed by atoms with Gasteiger partial charge in [-0.15, -0.1) is 0 Å². The second-order valence-corrected chi connectivity index (χ2v) is 5.02. The lowest BCUT2D eigenvalue weighted by Crippen LogP contribution is -2.27. The Kier molecular flexibility index (Phi) is 6.23. The summed E-state index contributed by atoms with van der Waals surface area (Å²) in [6.07, 6.45) is 0. The quantitative estimate of drug-likeness (QED) is 0.780. The molecule has 0 bridgehead atoms. The van der Waals surface area contributed by atoms with Crippen LogP contribution in [0.4, 0.5) is 0 Å². The molecule has 0 atom stereocenters. The van der Waals surface area contributed by atoms with Crippen molar-refractivity contribution in [2.45, 2.75) is 33.9 Å². The minimum atomic E-state index is 0.728. The first-order valence-electron chi connectivity index (χ1n) is 6.61. The largest absolute Gasteiger partial charge is 0.316 e. The summed E-state index contributed by atoms with van der Waals surface area (Å²) in [5.74, 6) is 0.728. The van der Waals surface area contributed by atoms with Crippen LogP contribution in [0.15, 0.2) is 24.3 Å². The van der Waals surface area contributed by atoms with Crippen molar-refractivity contribution in [2.24, 2.45) is 5.92 Å². The zero-order valence-corrected chi connectivity index (χ0v) is 11.7. The third-order valence-corrected chi connectivity index (χ3v) is 2.95. The summed E-state index contributed by atoms with van der Waals surface area (Å²) in [6, 6.07) is 8.72. The van der Waals surface area contributed by atoms with Crippen LogP contribution in [0.5, 0.6) is 0 Å². The van der Waals surface area contributed by atoms with Gasteiger partial charge in [0.1, 0.15) is 0 Å². The van der Waals surface area contributed by atoms with E-state index in [4.69, 9.17) is 0 Å². The SMILES string of the molecule is CCN(Cc1ccccc1CNC)CC(C)C. The maximum absolute atomic E-state index is 3.24. The number of hydrogen-bond donors (Lipinski definition) is 1. The maximum Gasteiger partial charge on any atom is 0.0236 e. The molecule has 0 amide bonds. The molecule has 1 N–H and O–H groups in total. The summed E-state index contributed by atoms with van der Waals surface area (Å²) in [4.78, 5) is 2.51. The molecule has 0 aliphatic carbocycles. The van der Waals surface area contributed by atoms with E-state index in [9.17, 15) is 0 Å². The number of nitrogens with one attached hydrogen (secondary N) is 1. The zero-order valence-electron chi connectivity index (χ0n) is 11.7. The minimum absolute atomic E-state index is 0.728. The van der Waals surface area contributed by atoms with E-state index in [1.54, 1.807) is 0 Å². The summed E-state index contributed by atoms with van der Waals surface area (Å²) in [5, 5.41) is 3.24. The fraction of sp³-hybridized carbons (Fsp3) is 0.600. The fourth-order valence-electron chi connectivity index (χ4n) is 2.14. The highest BCUT2D eigenvalue weighted by Gasteiger charge is 2.08. The molecule has 0 aliphatic heterocycles. The molecule has 0 saturated heterocycles. The average Bonchev–Trinajstić information content (AvgIpc) is 2.30. The van der Waals surface area contributed by atoms with Gasteiger partial charge in [0.05, 0.1) is 0 Å². The molecule has 0 unspecified atom stereocenters. The molecule has 1 aromatic carbocycles. The summed E-state index contributed by atoms with van der Waals surface area (Å²) < 4.78 is 0. The predicted molar refractivity (Wildman–Crippen MR) is 75.0 cm³/mol. The fourth-order valence-corrected chi connectivity index (χ4v) is 2.14. The highest BCUT2D eigenvalue weighted by atomic mass is 15.1. The first kappa shape index (κ1) is 14.2. The van der Waals surface area contributed by atoms with Crippen LogP contribution in [0.3, 0.4) is 0 Å². The van der Waals surface area contributed by atoms with Gasteiger partial charge in [-0.05, 0) is 30.6 Å². The van der Waals surface area contributed by atoms with Gasteiger partial charge >= 0.3 is 0 Å². The van der Waals surface area contributed by atoms with Crippen LogP contribution < -0.4 is 5.32 Å². The molecule has 0 fully saturated rings. The van der Waals surface area contributed by atoms with Crippen LogP contribution >= 0.6 is 0 Å². The zero-order chi connectivity index (χ0) is 12.7. The van der Waals surface area contributed by atoms with E-state index < -0.39 is 0 Å². The lowest BCUT2D eigenvalue weighted by Gasteiger charge is -2.23. The molecular weight excluding hydrogens is 208 g/mol. The molecule has 2 heteroatoms. The molecule has 0 saturated carbocycles. The van der Waals surface area contributed by atoms with Crippen molar-refractivity contribution in [2.75, 3.05) is 20.1 Å². The van der Waals surface area contributed by atoms with E-state index in [0.717, 1.165) is 25.6 Å². The van der Waals surface area contributed by atoms with E-state index in [0.29, 0.717) is 0 Å². The average molecular weight is 234 g/mol.